The van der Waals surface area contributed by atoms with E-state index in [-0.39, 0.29) is 5.82 Å². The van der Waals surface area contributed by atoms with Crippen LogP contribution in [0.4, 0.5) is 4.39 Å². The minimum absolute atomic E-state index is 0.147. The molecule has 1 atom stereocenters. The zero-order valence-corrected chi connectivity index (χ0v) is 10.9. The first-order chi connectivity index (χ1) is 8.78. The van der Waals surface area contributed by atoms with E-state index in [2.05, 4.69) is 5.32 Å². The Bertz CT molecular complexity index is 392. The zero-order chi connectivity index (χ0) is 12.4. The van der Waals surface area contributed by atoms with Gasteiger partial charge in [0.05, 0.1) is 0 Å². The van der Waals surface area contributed by atoms with Gasteiger partial charge in [0.25, 0.3) is 0 Å². The van der Waals surface area contributed by atoms with Crippen molar-refractivity contribution in [1.29, 1.82) is 0 Å². The van der Waals surface area contributed by atoms with E-state index in [1.165, 1.54) is 50.5 Å². The maximum atomic E-state index is 12.8. The molecule has 98 valence electrons. The molecule has 18 heavy (non-hydrogen) atoms. The molecule has 2 aliphatic rings. The zero-order valence-electron chi connectivity index (χ0n) is 10.9. The molecule has 0 aromatic heterocycles. The molecule has 2 fully saturated rings. The second kappa shape index (κ2) is 5.00. The Hall–Kier alpha value is -0.890. The van der Waals surface area contributed by atoms with Crippen molar-refractivity contribution < 1.29 is 4.39 Å². The molecule has 0 aliphatic heterocycles. The van der Waals surface area contributed by atoms with Gasteiger partial charge in [-0.3, -0.25) is 0 Å². The summed E-state index contributed by atoms with van der Waals surface area (Å²) in [6.45, 7) is 0.882. The molecule has 0 saturated heterocycles. The van der Waals surface area contributed by atoms with Crippen molar-refractivity contribution in [2.75, 3.05) is 0 Å². The van der Waals surface area contributed by atoms with Crippen LogP contribution in [0.5, 0.6) is 0 Å². The first-order valence-corrected chi connectivity index (χ1v) is 7.26. The van der Waals surface area contributed by atoms with Crippen molar-refractivity contribution in [2.24, 2.45) is 5.41 Å². The Morgan fingerprint density at radius 3 is 2.39 bits per heavy atom. The van der Waals surface area contributed by atoms with Gasteiger partial charge in [-0.25, -0.2) is 4.39 Å². The summed E-state index contributed by atoms with van der Waals surface area (Å²) in [7, 11) is 0. The normalized spacial score (nSPS) is 25.9. The second-order valence-electron chi connectivity index (χ2n) is 6.02. The van der Waals surface area contributed by atoms with Crippen molar-refractivity contribution in [2.45, 2.75) is 57.5 Å². The molecule has 1 nitrogen and oxygen atoms in total. The molecule has 1 N–H and O–H groups in total. The summed E-state index contributed by atoms with van der Waals surface area (Å²) < 4.78 is 12.8. The lowest BCUT2D eigenvalue weighted by molar-refractivity contribution is 0.0221. The van der Waals surface area contributed by atoms with Gasteiger partial charge in [-0.05, 0) is 48.8 Å². The Morgan fingerprint density at radius 1 is 1.06 bits per heavy atom. The standard InChI is InChI=1S/C16H22FN/c17-14-6-4-13(5-7-14)12-18-15-8-11-16(15)9-2-1-3-10-16/h4-7,15,18H,1-3,8-12H2. The van der Waals surface area contributed by atoms with Crippen molar-refractivity contribution >= 4 is 0 Å². The molecule has 1 unspecified atom stereocenters. The van der Waals surface area contributed by atoms with E-state index < -0.39 is 0 Å². The second-order valence-corrected chi connectivity index (χ2v) is 6.02. The summed E-state index contributed by atoms with van der Waals surface area (Å²) in [6.07, 6.45) is 9.80. The molecule has 0 bridgehead atoms. The monoisotopic (exact) mass is 247 g/mol. The maximum absolute atomic E-state index is 12.8. The van der Waals surface area contributed by atoms with Crippen molar-refractivity contribution in [3.63, 3.8) is 0 Å². The molecule has 3 rings (SSSR count). The minimum atomic E-state index is -0.147. The maximum Gasteiger partial charge on any atom is 0.123 e. The van der Waals surface area contributed by atoms with Crippen LogP contribution >= 0.6 is 0 Å². The Balaban J connectivity index is 1.55. The lowest BCUT2D eigenvalue weighted by Crippen LogP contribution is -2.53. The molecular weight excluding hydrogens is 225 g/mol. The fourth-order valence-electron chi connectivity index (χ4n) is 3.71. The third kappa shape index (κ3) is 2.31. The van der Waals surface area contributed by atoms with E-state index in [4.69, 9.17) is 0 Å². The summed E-state index contributed by atoms with van der Waals surface area (Å²) in [6, 6.07) is 7.56. The topological polar surface area (TPSA) is 12.0 Å². The highest BCUT2D eigenvalue weighted by molar-refractivity contribution is 5.16. The van der Waals surface area contributed by atoms with Crippen LogP contribution in [0.2, 0.25) is 0 Å². The fourth-order valence-corrected chi connectivity index (χ4v) is 3.71. The number of hydrogen-bond acceptors (Lipinski definition) is 1. The largest absolute Gasteiger partial charge is 0.309 e. The van der Waals surface area contributed by atoms with E-state index in [1.54, 1.807) is 12.1 Å². The molecule has 1 spiro atoms. The number of hydrogen-bond donors (Lipinski definition) is 1. The highest BCUT2D eigenvalue weighted by atomic mass is 19.1. The summed E-state index contributed by atoms with van der Waals surface area (Å²) in [4.78, 5) is 0. The average molecular weight is 247 g/mol. The highest BCUT2D eigenvalue weighted by Gasteiger charge is 2.46. The molecule has 0 heterocycles. The van der Waals surface area contributed by atoms with Crippen LogP contribution in [0.25, 0.3) is 0 Å². The molecule has 2 saturated carbocycles. The van der Waals surface area contributed by atoms with Gasteiger partial charge >= 0.3 is 0 Å². The van der Waals surface area contributed by atoms with E-state index in [0.29, 0.717) is 11.5 Å². The predicted molar refractivity (Wildman–Crippen MR) is 71.8 cm³/mol. The Morgan fingerprint density at radius 2 is 1.78 bits per heavy atom. The Kier molecular flexibility index (Phi) is 3.38. The number of halogens is 1. The smallest absolute Gasteiger partial charge is 0.123 e. The quantitative estimate of drug-likeness (QED) is 0.850. The van der Waals surface area contributed by atoms with Gasteiger partial charge < -0.3 is 5.32 Å². The SMILES string of the molecule is Fc1ccc(CNC2CCC23CCCCC3)cc1. The van der Waals surface area contributed by atoms with E-state index in [9.17, 15) is 4.39 Å². The van der Waals surface area contributed by atoms with E-state index in [1.807, 2.05) is 12.1 Å². The van der Waals surface area contributed by atoms with Crippen molar-refractivity contribution in [1.82, 2.24) is 5.32 Å². The third-order valence-corrected chi connectivity index (χ3v) is 4.99. The average Bonchev–Trinajstić information content (AvgIpc) is 2.41. The molecule has 2 aliphatic carbocycles. The van der Waals surface area contributed by atoms with E-state index >= 15 is 0 Å². The summed E-state index contributed by atoms with van der Waals surface area (Å²) in [5.41, 5.74) is 1.80. The van der Waals surface area contributed by atoms with Crippen LogP contribution in [0.1, 0.15) is 50.5 Å². The lowest BCUT2D eigenvalue weighted by Gasteiger charge is -2.52. The molecule has 2 heteroatoms. The molecule has 1 aromatic rings. The fraction of sp³-hybridized carbons (Fsp3) is 0.625. The van der Waals surface area contributed by atoms with Gasteiger partial charge in [-0.15, -0.1) is 0 Å². The van der Waals surface area contributed by atoms with Crippen LogP contribution in [0, 0.1) is 11.2 Å². The Labute approximate surface area is 109 Å². The molecule has 0 radical (unpaired) electrons. The lowest BCUT2D eigenvalue weighted by atomic mass is 9.57. The van der Waals surface area contributed by atoms with Gasteiger partial charge in [-0.1, -0.05) is 31.4 Å². The van der Waals surface area contributed by atoms with Crippen LogP contribution in [0.3, 0.4) is 0 Å². The van der Waals surface area contributed by atoms with Gasteiger partial charge in [0, 0.05) is 12.6 Å². The van der Waals surface area contributed by atoms with Crippen LogP contribution in [-0.2, 0) is 6.54 Å². The first-order valence-electron chi connectivity index (χ1n) is 7.26. The van der Waals surface area contributed by atoms with Crippen LogP contribution < -0.4 is 5.32 Å². The van der Waals surface area contributed by atoms with Crippen LogP contribution in [-0.4, -0.2) is 6.04 Å². The van der Waals surface area contributed by atoms with Gasteiger partial charge in [-0.2, -0.15) is 0 Å². The number of benzene rings is 1. The third-order valence-electron chi connectivity index (χ3n) is 4.99. The summed E-state index contributed by atoms with van der Waals surface area (Å²) in [5, 5.41) is 3.69. The predicted octanol–water partition coefficient (Wildman–Crippen LogP) is 4.03. The van der Waals surface area contributed by atoms with Gasteiger partial charge in [0.2, 0.25) is 0 Å². The van der Waals surface area contributed by atoms with Gasteiger partial charge in [0.1, 0.15) is 5.82 Å². The number of rotatable bonds is 3. The minimum Gasteiger partial charge on any atom is -0.309 e. The molecule has 0 amide bonds. The first kappa shape index (κ1) is 12.2. The molecular formula is C16H22FN. The summed E-state index contributed by atoms with van der Waals surface area (Å²) >= 11 is 0. The highest BCUT2D eigenvalue weighted by Crippen LogP contribution is 2.51. The van der Waals surface area contributed by atoms with Crippen molar-refractivity contribution in [3.8, 4) is 0 Å². The van der Waals surface area contributed by atoms with Crippen LogP contribution in [0.15, 0.2) is 24.3 Å². The summed E-state index contributed by atoms with van der Waals surface area (Å²) in [5.74, 6) is -0.147. The number of nitrogens with one attached hydrogen (secondary N) is 1. The van der Waals surface area contributed by atoms with Gasteiger partial charge in [0.15, 0.2) is 0 Å². The molecule has 1 aromatic carbocycles. The van der Waals surface area contributed by atoms with E-state index in [0.717, 1.165) is 6.54 Å². The van der Waals surface area contributed by atoms with Crippen molar-refractivity contribution in [3.05, 3.63) is 35.6 Å².